The Labute approximate surface area is 85.3 Å². The standard InChI is InChI=1S/C9H9IN2/c10-8-3-1-4-9(7-8)12-6-2-5-11/h1-7,11-12H/b6-2-,11-5?. The van der Waals surface area contributed by atoms with Gasteiger partial charge >= 0.3 is 0 Å². The fraction of sp³-hybridized carbons (Fsp3) is 0. The molecule has 0 spiro atoms. The molecule has 0 amide bonds. The minimum atomic E-state index is 1.04. The van der Waals surface area contributed by atoms with Crippen molar-refractivity contribution in [2.45, 2.75) is 0 Å². The molecule has 0 aliphatic heterocycles. The molecule has 0 aromatic heterocycles. The number of halogens is 1. The van der Waals surface area contributed by atoms with Crippen molar-refractivity contribution in [1.29, 1.82) is 5.41 Å². The molecule has 0 heterocycles. The third-order valence-electron chi connectivity index (χ3n) is 1.27. The van der Waals surface area contributed by atoms with Gasteiger partial charge in [-0.15, -0.1) is 0 Å². The maximum Gasteiger partial charge on any atom is 0.0390 e. The van der Waals surface area contributed by atoms with Crippen LogP contribution in [0.25, 0.3) is 0 Å². The Balaban J connectivity index is 2.63. The Morgan fingerprint density at radius 1 is 1.42 bits per heavy atom. The van der Waals surface area contributed by atoms with Crippen molar-refractivity contribution >= 4 is 34.5 Å². The summed E-state index contributed by atoms with van der Waals surface area (Å²) < 4.78 is 1.20. The molecule has 1 rings (SSSR count). The normalized spacial score (nSPS) is 10.1. The van der Waals surface area contributed by atoms with E-state index in [4.69, 9.17) is 5.41 Å². The smallest absolute Gasteiger partial charge is 0.0390 e. The molecule has 0 bridgehead atoms. The summed E-state index contributed by atoms with van der Waals surface area (Å²) in [7, 11) is 0. The van der Waals surface area contributed by atoms with Crippen LogP contribution in [0.1, 0.15) is 0 Å². The number of anilines is 1. The Hall–Kier alpha value is -0.840. The molecule has 0 unspecified atom stereocenters. The number of benzene rings is 1. The van der Waals surface area contributed by atoms with E-state index in [1.807, 2.05) is 24.3 Å². The zero-order valence-corrected chi connectivity index (χ0v) is 8.58. The monoisotopic (exact) mass is 272 g/mol. The van der Waals surface area contributed by atoms with Gasteiger partial charge in [0.2, 0.25) is 0 Å². The Morgan fingerprint density at radius 3 is 2.92 bits per heavy atom. The third-order valence-corrected chi connectivity index (χ3v) is 1.94. The molecule has 0 aliphatic rings. The van der Waals surface area contributed by atoms with Crippen molar-refractivity contribution in [2.75, 3.05) is 5.32 Å². The average Bonchev–Trinajstić information content (AvgIpc) is 2.05. The summed E-state index contributed by atoms with van der Waals surface area (Å²) in [4.78, 5) is 0. The Kier molecular flexibility index (Phi) is 3.79. The first-order valence-electron chi connectivity index (χ1n) is 3.50. The Bertz CT molecular complexity index is 294. The Morgan fingerprint density at radius 2 is 2.25 bits per heavy atom. The van der Waals surface area contributed by atoms with Gasteiger partial charge in [-0.05, 0) is 46.9 Å². The van der Waals surface area contributed by atoms with Gasteiger partial charge in [-0.1, -0.05) is 6.07 Å². The van der Waals surface area contributed by atoms with Gasteiger partial charge in [0.1, 0.15) is 0 Å². The molecule has 0 fully saturated rings. The highest BCUT2D eigenvalue weighted by molar-refractivity contribution is 14.1. The van der Waals surface area contributed by atoms with E-state index < -0.39 is 0 Å². The van der Waals surface area contributed by atoms with Crippen LogP contribution in [0.4, 0.5) is 5.69 Å². The molecular formula is C9H9IN2. The number of rotatable bonds is 3. The lowest BCUT2D eigenvalue weighted by Gasteiger charge is -1.99. The number of hydrogen-bond acceptors (Lipinski definition) is 2. The molecular weight excluding hydrogens is 263 g/mol. The van der Waals surface area contributed by atoms with Crippen molar-refractivity contribution in [3.05, 3.63) is 40.1 Å². The van der Waals surface area contributed by atoms with E-state index in [0.717, 1.165) is 5.69 Å². The zero-order chi connectivity index (χ0) is 8.81. The summed E-state index contributed by atoms with van der Waals surface area (Å²) >= 11 is 2.26. The van der Waals surface area contributed by atoms with Crippen LogP contribution < -0.4 is 5.32 Å². The first-order chi connectivity index (χ1) is 5.83. The minimum absolute atomic E-state index is 1.04. The van der Waals surface area contributed by atoms with Gasteiger partial charge in [-0.3, -0.25) is 0 Å². The number of hydrogen-bond donors (Lipinski definition) is 2. The second kappa shape index (κ2) is 4.92. The maximum absolute atomic E-state index is 6.76. The highest BCUT2D eigenvalue weighted by atomic mass is 127. The predicted octanol–water partition coefficient (Wildman–Crippen LogP) is 2.87. The van der Waals surface area contributed by atoms with Gasteiger partial charge in [0.15, 0.2) is 0 Å². The van der Waals surface area contributed by atoms with Gasteiger partial charge in [-0.2, -0.15) is 0 Å². The second-order valence-corrected chi connectivity index (χ2v) is 3.43. The summed E-state index contributed by atoms with van der Waals surface area (Å²) in [6.07, 6.45) is 4.61. The molecule has 12 heavy (non-hydrogen) atoms. The molecule has 62 valence electrons. The molecule has 0 atom stereocenters. The SMILES string of the molecule is N=C/C=C\Nc1cccc(I)c1. The van der Waals surface area contributed by atoms with E-state index in [1.54, 1.807) is 12.3 Å². The van der Waals surface area contributed by atoms with Crippen LogP contribution in [0.2, 0.25) is 0 Å². The highest BCUT2D eigenvalue weighted by Crippen LogP contribution is 2.11. The molecule has 2 N–H and O–H groups in total. The second-order valence-electron chi connectivity index (χ2n) is 2.18. The van der Waals surface area contributed by atoms with Crippen molar-refractivity contribution in [3.8, 4) is 0 Å². The van der Waals surface area contributed by atoms with Crippen LogP contribution in [0.15, 0.2) is 36.5 Å². The first-order valence-corrected chi connectivity index (χ1v) is 4.58. The van der Waals surface area contributed by atoms with Crippen molar-refractivity contribution < 1.29 is 0 Å². The van der Waals surface area contributed by atoms with E-state index >= 15 is 0 Å². The molecule has 0 radical (unpaired) electrons. The number of nitrogens with one attached hydrogen (secondary N) is 2. The van der Waals surface area contributed by atoms with Crippen molar-refractivity contribution in [2.24, 2.45) is 0 Å². The lowest BCUT2D eigenvalue weighted by molar-refractivity contribution is 1.54. The molecule has 0 aliphatic carbocycles. The van der Waals surface area contributed by atoms with E-state index in [0.29, 0.717) is 0 Å². The van der Waals surface area contributed by atoms with E-state index in [9.17, 15) is 0 Å². The van der Waals surface area contributed by atoms with Crippen LogP contribution in [-0.4, -0.2) is 6.21 Å². The molecule has 3 heteroatoms. The van der Waals surface area contributed by atoms with E-state index in [2.05, 4.69) is 27.9 Å². The van der Waals surface area contributed by atoms with Crippen LogP contribution >= 0.6 is 22.6 Å². The largest absolute Gasteiger partial charge is 0.362 e. The van der Waals surface area contributed by atoms with Crippen molar-refractivity contribution in [3.63, 3.8) is 0 Å². The molecule has 1 aromatic rings. The highest BCUT2D eigenvalue weighted by Gasteiger charge is 1.87. The average molecular weight is 272 g/mol. The third kappa shape index (κ3) is 3.04. The fourth-order valence-corrected chi connectivity index (χ4v) is 1.31. The summed E-state index contributed by atoms with van der Waals surface area (Å²) in [6.45, 7) is 0. The van der Waals surface area contributed by atoms with Gasteiger partial charge in [-0.25, -0.2) is 0 Å². The van der Waals surface area contributed by atoms with Crippen LogP contribution in [-0.2, 0) is 0 Å². The van der Waals surface area contributed by atoms with E-state index in [-0.39, 0.29) is 0 Å². The summed E-state index contributed by atoms with van der Waals surface area (Å²) in [6, 6.07) is 8.04. The maximum atomic E-state index is 6.76. The molecule has 2 nitrogen and oxygen atoms in total. The molecule has 0 saturated heterocycles. The first kappa shape index (κ1) is 9.25. The van der Waals surface area contributed by atoms with Gasteiger partial charge in [0.05, 0.1) is 0 Å². The predicted molar refractivity (Wildman–Crippen MR) is 60.7 cm³/mol. The lowest BCUT2D eigenvalue weighted by Crippen LogP contribution is -1.86. The van der Waals surface area contributed by atoms with E-state index in [1.165, 1.54) is 9.78 Å². The van der Waals surface area contributed by atoms with Crippen LogP contribution in [0.5, 0.6) is 0 Å². The lowest BCUT2D eigenvalue weighted by atomic mass is 10.3. The topological polar surface area (TPSA) is 35.9 Å². The van der Waals surface area contributed by atoms with Gasteiger partial charge in [0, 0.05) is 21.7 Å². The minimum Gasteiger partial charge on any atom is -0.362 e. The van der Waals surface area contributed by atoms with Gasteiger partial charge in [0.25, 0.3) is 0 Å². The summed E-state index contributed by atoms with van der Waals surface area (Å²) in [5.41, 5.74) is 1.04. The molecule has 0 saturated carbocycles. The number of allylic oxidation sites excluding steroid dienone is 1. The van der Waals surface area contributed by atoms with Gasteiger partial charge < -0.3 is 10.7 Å². The van der Waals surface area contributed by atoms with Crippen LogP contribution in [0.3, 0.4) is 0 Å². The van der Waals surface area contributed by atoms with Crippen molar-refractivity contribution in [1.82, 2.24) is 0 Å². The molecule has 1 aromatic carbocycles. The zero-order valence-electron chi connectivity index (χ0n) is 6.42. The summed E-state index contributed by atoms with van der Waals surface area (Å²) in [5.74, 6) is 0. The van der Waals surface area contributed by atoms with Crippen LogP contribution in [0, 0.1) is 8.98 Å². The quantitative estimate of drug-likeness (QED) is 0.644. The fourth-order valence-electron chi connectivity index (χ4n) is 0.771. The summed E-state index contributed by atoms with van der Waals surface area (Å²) in [5, 5.41) is 9.81.